The van der Waals surface area contributed by atoms with E-state index in [4.69, 9.17) is 34.8 Å². The molecule has 0 saturated carbocycles. The molecule has 2 atom stereocenters. The lowest BCUT2D eigenvalue weighted by Gasteiger charge is -2.21. The van der Waals surface area contributed by atoms with Gasteiger partial charge in [-0.3, -0.25) is 4.79 Å². The summed E-state index contributed by atoms with van der Waals surface area (Å²) >= 11 is 18.0. The van der Waals surface area contributed by atoms with Crippen molar-refractivity contribution in [1.82, 2.24) is 0 Å². The van der Waals surface area contributed by atoms with Crippen molar-refractivity contribution < 1.29 is 9.69 Å². The number of hydrogen-bond acceptors (Lipinski definition) is 1. The summed E-state index contributed by atoms with van der Waals surface area (Å²) in [7, 11) is 1.99. The maximum absolute atomic E-state index is 12.5. The summed E-state index contributed by atoms with van der Waals surface area (Å²) in [6.45, 7) is 4.77. The molecule has 3 nitrogen and oxygen atoms in total. The van der Waals surface area contributed by atoms with Gasteiger partial charge in [0.15, 0.2) is 6.04 Å². The van der Waals surface area contributed by atoms with Crippen LogP contribution in [0.25, 0.3) is 0 Å². The highest BCUT2D eigenvalue weighted by molar-refractivity contribution is 6.44. The molecule has 0 bridgehead atoms. The van der Waals surface area contributed by atoms with E-state index in [2.05, 4.69) is 36.5 Å². The van der Waals surface area contributed by atoms with E-state index in [1.54, 1.807) is 6.07 Å². The highest BCUT2D eigenvalue weighted by Gasteiger charge is 2.23. The van der Waals surface area contributed by atoms with Gasteiger partial charge in [0.25, 0.3) is 5.91 Å². The van der Waals surface area contributed by atoms with Crippen LogP contribution in [0, 0.1) is 0 Å². The third-order valence-electron chi connectivity index (χ3n) is 4.31. The highest BCUT2D eigenvalue weighted by Crippen LogP contribution is 2.32. The van der Waals surface area contributed by atoms with E-state index >= 15 is 0 Å². The fraction of sp³-hybridized carbons (Fsp3) is 0.316. The summed E-state index contributed by atoms with van der Waals surface area (Å²) in [6, 6.07) is 11.3. The van der Waals surface area contributed by atoms with Crippen LogP contribution in [0.3, 0.4) is 0 Å². The summed E-state index contributed by atoms with van der Waals surface area (Å²) < 4.78 is 0. The Morgan fingerprint density at radius 3 is 2.20 bits per heavy atom. The number of halogens is 3. The Labute approximate surface area is 163 Å². The average Bonchev–Trinajstić information content (AvgIpc) is 2.59. The molecule has 134 valence electrons. The topological polar surface area (TPSA) is 33.5 Å². The SMILES string of the molecule is CCc1ccc(C[NH+](C)[C@H](C)C(=O)Nc2cc(Cl)c(Cl)cc2Cl)cc1. The van der Waals surface area contributed by atoms with E-state index in [-0.39, 0.29) is 11.9 Å². The van der Waals surface area contributed by atoms with Crippen molar-refractivity contribution in [1.29, 1.82) is 0 Å². The summed E-state index contributed by atoms with van der Waals surface area (Å²) in [5.74, 6) is -0.122. The van der Waals surface area contributed by atoms with Gasteiger partial charge in [0.1, 0.15) is 6.54 Å². The number of carbonyl (C=O) groups excluding carboxylic acids is 1. The molecule has 0 aliphatic rings. The molecule has 0 aliphatic heterocycles. The molecule has 6 heteroatoms. The van der Waals surface area contributed by atoms with Gasteiger partial charge >= 0.3 is 0 Å². The molecule has 25 heavy (non-hydrogen) atoms. The normalized spacial score (nSPS) is 13.4. The number of carbonyl (C=O) groups is 1. The summed E-state index contributed by atoms with van der Waals surface area (Å²) in [6.07, 6.45) is 1.02. The summed E-state index contributed by atoms with van der Waals surface area (Å²) in [5, 5.41) is 3.90. The Hall–Kier alpha value is -1.26. The maximum Gasteiger partial charge on any atom is 0.282 e. The molecule has 2 aromatic carbocycles. The van der Waals surface area contributed by atoms with E-state index in [1.165, 1.54) is 17.2 Å². The van der Waals surface area contributed by atoms with Crippen LogP contribution in [0.2, 0.25) is 15.1 Å². The number of quaternary nitrogens is 1. The Balaban J connectivity index is 2.02. The first kappa shape index (κ1) is 20.1. The fourth-order valence-electron chi connectivity index (χ4n) is 2.45. The molecule has 1 amide bonds. The number of benzene rings is 2. The smallest absolute Gasteiger partial charge is 0.282 e. The molecule has 0 fully saturated rings. The Bertz CT molecular complexity index is 747. The number of amides is 1. The minimum absolute atomic E-state index is 0.122. The van der Waals surface area contributed by atoms with Crippen molar-refractivity contribution in [3.63, 3.8) is 0 Å². The Morgan fingerprint density at radius 1 is 1.04 bits per heavy atom. The van der Waals surface area contributed by atoms with Crippen molar-refractivity contribution in [2.45, 2.75) is 32.9 Å². The average molecular weight is 401 g/mol. The first-order valence-corrected chi connectivity index (χ1v) is 9.30. The van der Waals surface area contributed by atoms with Gasteiger partial charge in [-0.1, -0.05) is 66.0 Å². The van der Waals surface area contributed by atoms with E-state index in [0.717, 1.165) is 17.9 Å². The van der Waals surface area contributed by atoms with Gasteiger partial charge in [-0.15, -0.1) is 0 Å². The zero-order chi connectivity index (χ0) is 18.6. The second-order valence-corrected chi connectivity index (χ2v) is 7.37. The van der Waals surface area contributed by atoms with Crippen molar-refractivity contribution in [2.75, 3.05) is 12.4 Å². The van der Waals surface area contributed by atoms with Crippen molar-refractivity contribution in [2.24, 2.45) is 0 Å². The van der Waals surface area contributed by atoms with Gasteiger partial charge in [-0.2, -0.15) is 0 Å². The van der Waals surface area contributed by atoms with Gasteiger partial charge in [0.2, 0.25) is 0 Å². The largest absolute Gasteiger partial charge is 0.324 e. The first-order valence-electron chi connectivity index (χ1n) is 8.17. The number of likely N-dealkylation sites (N-methyl/N-ethyl adjacent to an activating group) is 1. The summed E-state index contributed by atoms with van der Waals surface area (Å²) in [5.41, 5.74) is 2.97. The van der Waals surface area contributed by atoms with Crippen molar-refractivity contribution >= 4 is 46.4 Å². The number of nitrogens with one attached hydrogen (secondary N) is 2. The fourth-order valence-corrected chi connectivity index (χ4v) is 3.05. The maximum atomic E-state index is 12.5. The third-order valence-corrected chi connectivity index (χ3v) is 5.35. The lowest BCUT2D eigenvalue weighted by atomic mass is 10.1. The van der Waals surface area contributed by atoms with Crippen LogP contribution in [0.5, 0.6) is 0 Å². The second-order valence-electron chi connectivity index (χ2n) is 6.15. The lowest BCUT2D eigenvalue weighted by Crippen LogP contribution is -3.12. The molecule has 2 rings (SSSR count). The van der Waals surface area contributed by atoms with Gasteiger partial charge in [0.05, 0.1) is 27.8 Å². The van der Waals surface area contributed by atoms with Gasteiger partial charge in [0, 0.05) is 5.56 Å². The molecule has 0 saturated heterocycles. The van der Waals surface area contributed by atoms with Gasteiger partial charge in [-0.25, -0.2) is 0 Å². The Kier molecular flexibility index (Phi) is 7.14. The molecule has 0 aromatic heterocycles. The van der Waals surface area contributed by atoms with Gasteiger partial charge in [-0.05, 0) is 31.0 Å². The molecule has 0 radical (unpaired) electrons. The predicted octanol–water partition coefficient (Wildman–Crippen LogP) is 4.25. The monoisotopic (exact) mass is 399 g/mol. The number of aryl methyl sites for hydroxylation is 1. The van der Waals surface area contributed by atoms with Crippen LogP contribution >= 0.6 is 34.8 Å². The minimum atomic E-state index is -0.253. The molecule has 2 aromatic rings. The van der Waals surface area contributed by atoms with E-state index in [9.17, 15) is 4.79 Å². The van der Waals surface area contributed by atoms with E-state index in [0.29, 0.717) is 20.8 Å². The van der Waals surface area contributed by atoms with Crippen LogP contribution in [0.15, 0.2) is 36.4 Å². The van der Waals surface area contributed by atoms with Gasteiger partial charge < -0.3 is 10.2 Å². The molecular formula is C19H22Cl3N2O+. The molecule has 0 aliphatic carbocycles. The van der Waals surface area contributed by atoms with Crippen molar-refractivity contribution in [3.8, 4) is 0 Å². The quantitative estimate of drug-likeness (QED) is 0.698. The van der Waals surface area contributed by atoms with E-state index < -0.39 is 0 Å². The van der Waals surface area contributed by atoms with Crippen LogP contribution in [-0.4, -0.2) is 19.0 Å². The van der Waals surface area contributed by atoms with Crippen LogP contribution in [-0.2, 0) is 17.8 Å². The zero-order valence-corrected chi connectivity index (χ0v) is 16.8. The predicted molar refractivity (Wildman–Crippen MR) is 106 cm³/mol. The minimum Gasteiger partial charge on any atom is -0.324 e. The van der Waals surface area contributed by atoms with Crippen LogP contribution in [0.4, 0.5) is 5.69 Å². The molecule has 1 unspecified atom stereocenters. The lowest BCUT2D eigenvalue weighted by molar-refractivity contribution is -0.907. The number of rotatable bonds is 6. The van der Waals surface area contributed by atoms with E-state index in [1.807, 2.05) is 14.0 Å². The molecule has 2 N–H and O–H groups in total. The first-order chi connectivity index (χ1) is 11.8. The highest BCUT2D eigenvalue weighted by atomic mass is 35.5. The zero-order valence-electron chi connectivity index (χ0n) is 14.5. The van der Waals surface area contributed by atoms with Crippen LogP contribution in [0.1, 0.15) is 25.0 Å². The second kappa shape index (κ2) is 8.91. The number of anilines is 1. The molecular weight excluding hydrogens is 379 g/mol. The third kappa shape index (κ3) is 5.35. The number of hydrogen-bond donors (Lipinski definition) is 2. The molecule has 0 heterocycles. The van der Waals surface area contributed by atoms with Crippen LogP contribution < -0.4 is 10.2 Å². The standard InChI is InChI=1S/C19H21Cl3N2O/c1-4-13-5-7-14(8-6-13)11-24(3)12(2)19(25)23-18-10-16(21)15(20)9-17(18)22/h5-10,12H,4,11H2,1-3H3,(H,23,25)/p+1/t12-/m1/s1. The summed E-state index contributed by atoms with van der Waals surface area (Å²) in [4.78, 5) is 13.6. The van der Waals surface area contributed by atoms with Crippen molar-refractivity contribution in [3.05, 3.63) is 62.6 Å². The molecule has 0 spiro atoms. The Morgan fingerprint density at radius 2 is 1.60 bits per heavy atom.